The first kappa shape index (κ1) is 12.3. The Morgan fingerprint density at radius 1 is 1.38 bits per heavy atom. The molecular weight excluding hydrogens is 200 g/mol. The van der Waals surface area contributed by atoms with Crippen molar-refractivity contribution in [3.63, 3.8) is 0 Å². The molecule has 2 atom stereocenters. The summed E-state index contributed by atoms with van der Waals surface area (Å²) in [6.07, 6.45) is 5.21. The predicted octanol–water partition coefficient (Wildman–Crippen LogP) is 1.39. The fourth-order valence-electron chi connectivity index (χ4n) is 2.93. The Bertz CT molecular complexity index is 208. The van der Waals surface area contributed by atoms with E-state index in [2.05, 4.69) is 17.6 Å². The third kappa shape index (κ3) is 2.96. The van der Waals surface area contributed by atoms with Gasteiger partial charge in [0.15, 0.2) is 0 Å². The molecule has 1 aliphatic carbocycles. The van der Waals surface area contributed by atoms with Gasteiger partial charge in [0, 0.05) is 25.1 Å². The minimum absolute atomic E-state index is 0.390. The monoisotopic (exact) mass is 226 g/mol. The Kier molecular flexibility index (Phi) is 4.22. The number of rotatable bonds is 6. The molecule has 0 aromatic rings. The summed E-state index contributed by atoms with van der Waals surface area (Å²) < 4.78 is 5.42. The summed E-state index contributed by atoms with van der Waals surface area (Å²) in [5, 5.41) is 7.18. The molecule has 1 saturated carbocycles. The highest BCUT2D eigenvalue weighted by Crippen LogP contribution is 2.35. The summed E-state index contributed by atoms with van der Waals surface area (Å²) in [6.45, 7) is 6.64. The largest absolute Gasteiger partial charge is 0.384 e. The number of hydrogen-bond acceptors (Lipinski definition) is 3. The number of nitrogens with one attached hydrogen (secondary N) is 2. The van der Waals surface area contributed by atoms with Gasteiger partial charge < -0.3 is 15.4 Å². The number of ether oxygens (including phenoxy) is 1. The highest BCUT2D eigenvalue weighted by atomic mass is 16.5. The predicted molar refractivity (Wildman–Crippen MR) is 66.6 cm³/mol. The van der Waals surface area contributed by atoms with Gasteiger partial charge in [-0.2, -0.15) is 0 Å². The van der Waals surface area contributed by atoms with Gasteiger partial charge in [-0.3, -0.25) is 0 Å². The fourth-order valence-corrected chi connectivity index (χ4v) is 2.93. The lowest BCUT2D eigenvalue weighted by atomic mass is 9.79. The molecule has 0 bridgehead atoms. The van der Waals surface area contributed by atoms with Crippen LogP contribution in [0.2, 0.25) is 0 Å². The Labute approximate surface area is 99.3 Å². The molecule has 3 heteroatoms. The van der Waals surface area contributed by atoms with E-state index in [0.29, 0.717) is 5.41 Å². The zero-order valence-electron chi connectivity index (χ0n) is 10.7. The van der Waals surface area contributed by atoms with E-state index in [1.807, 2.05) is 7.11 Å². The molecule has 2 fully saturated rings. The minimum atomic E-state index is 0.390. The average molecular weight is 226 g/mol. The molecule has 2 unspecified atom stereocenters. The van der Waals surface area contributed by atoms with Crippen LogP contribution in [0.15, 0.2) is 0 Å². The zero-order valence-corrected chi connectivity index (χ0v) is 10.7. The van der Waals surface area contributed by atoms with Gasteiger partial charge in [0.1, 0.15) is 0 Å². The lowest BCUT2D eigenvalue weighted by Crippen LogP contribution is -2.46. The maximum absolute atomic E-state index is 5.42. The van der Waals surface area contributed by atoms with Crippen LogP contribution in [-0.4, -0.2) is 39.4 Å². The number of piperidine rings is 1. The van der Waals surface area contributed by atoms with E-state index in [4.69, 9.17) is 4.74 Å². The Balaban J connectivity index is 1.78. The van der Waals surface area contributed by atoms with Crippen molar-refractivity contribution in [1.82, 2.24) is 10.6 Å². The molecule has 0 aromatic heterocycles. The second-order valence-electron chi connectivity index (χ2n) is 5.57. The zero-order chi connectivity index (χ0) is 11.4. The van der Waals surface area contributed by atoms with Gasteiger partial charge >= 0.3 is 0 Å². The topological polar surface area (TPSA) is 33.3 Å². The van der Waals surface area contributed by atoms with Gasteiger partial charge in [0.25, 0.3) is 0 Å². The molecule has 1 aliphatic heterocycles. The molecule has 16 heavy (non-hydrogen) atoms. The summed E-state index contributed by atoms with van der Waals surface area (Å²) in [4.78, 5) is 0. The van der Waals surface area contributed by atoms with E-state index in [-0.39, 0.29) is 0 Å². The third-order valence-corrected chi connectivity index (χ3v) is 4.30. The summed E-state index contributed by atoms with van der Waals surface area (Å²) in [7, 11) is 1.83. The van der Waals surface area contributed by atoms with E-state index < -0.39 is 0 Å². The summed E-state index contributed by atoms with van der Waals surface area (Å²) in [6, 6.07) is 0.800. The van der Waals surface area contributed by atoms with Gasteiger partial charge in [0.2, 0.25) is 0 Å². The van der Waals surface area contributed by atoms with Gasteiger partial charge in [-0.05, 0) is 38.3 Å². The lowest BCUT2D eigenvalue weighted by molar-refractivity contribution is 0.0531. The number of methoxy groups -OCH3 is 1. The van der Waals surface area contributed by atoms with E-state index in [0.717, 1.165) is 38.2 Å². The van der Waals surface area contributed by atoms with Crippen molar-refractivity contribution < 1.29 is 4.74 Å². The molecule has 0 spiro atoms. The van der Waals surface area contributed by atoms with Crippen molar-refractivity contribution in [3.8, 4) is 0 Å². The molecule has 2 aliphatic rings. The van der Waals surface area contributed by atoms with Crippen LogP contribution in [0.25, 0.3) is 0 Å². The Morgan fingerprint density at radius 3 is 2.69 bits per heavy atom. The van der Waals surface area contributed by atoms with Gasteiger partial charge in [-0.1, -0.05) is 13.3 Å². The molecule has 1 heterocycles. The fraction of sp³-hybridized carbons (Fsp3) is 1.00. The van der Waals surface area contributed by atoms with Crippen LogP contribution in [0.4, 0.5) is 0 Å². The van der Waals surface area contributed by atoms with Crippen molar-refractivity contribution in [2.24, 2.45) is 11.3 Å². The molecule has 0 amide bonds. The maximum Gasteiger partial charge on any atom is 0.0531 e. The Morgan fingerprint density at radius 2 is 2.12 bits per heavy atom. The summed E-state index contributed by atoms with van der Waals surface area (Å²) >= 11 is 0. The van der Waals surface area contributed by atoms with Crippen molar-refractivity contribution in [2.45, 2.75) is 38.6 Å². The highest BCUT2D eigenvalue weighted by molar-refractivity contribution is 4.95. The van der Waals surface area contributed by atoms with Gasteiger partial charge in [0.05, 0.1) is 6.61 Å². The molecule has 0 aromatic carbocycles. The number of hydrogen-bond donors (Lipinski definition) is 2. The van der Waals surface area contributed by atoms with Crippen LogP contribution in [0.1, 0.15) is 32.6 Å². The first-order valence-corrected chi connectivity index (χ1v) is 6.73. The van der Waals surface area contributed by atoms with Crippen molar-refractivity contribution in [2.75, 3.05) is 33.4 Å². The van der Waals surface area contributed by atoms with E-state index >= 15 is 0 Å². The average Bonchev–Trinajstić information content (AvgIpc) is 3.07. The first-order valence-electron chi connectivity index (χ1n) is 6.73. The van der Waals surface area contributed by atoms with Crippen molar-refractivity contribution in [1.29, 1.82) is 0 Å². The third-order valence-electron chi connectivity index (χ3n) is 4.30. The minimum Gasteiger partial charge on any atom is -0.384 e. The van der Waals surface area contributed by atoms with Gasteiger partial charge in [-0.15, -0.1) is 0 Å². The van der Waals surface area contributed by atoms with Crippen molar-refractivity contribution in [3.05, 3.63) is 0 Å². The van der Waals surface area contributed by atoms with Crippen LogP contribution >= 0.6 is 0 Å². The second kappa shape index (κ2) is 5.48. The Hall–Kier alpha value is -0.120. The molecule has 2 rings (SSSR count). The molecule has 3 nitrogen and oxygen atoms in total. The normalized spacial score (nSPS) is 32.6. The van der Waals surface area contributed by atoms with Crippen molar-refractivity contribution >= 4 is 0 Å². The van der Waals surface area contributed by atoms with E-state index in [1.165, 1.54) is 25.7 Å². The van der Waals surface area contributed by atoms with E-state index in [1.54, 1.807) is 0 Å². The standard InChI is InChI=1S/C13H26N2O/c1-3-11-8-12(11)15-9-13(10-16-2)4-6-14-7-5-13/h11-12,14-15H,3-10H2,1-2H3. The van der Waals surface area contributed by atoms with Crippen LogP contribution in [0.5, 0.6) is 0 Å². The molecule has 2 N–H and O–H groups in total. The van der Waals surface area contributed by atoms with E-state index in [9.17, 15) is 0 Å². The summed E-state index contributed by atoms with van der Waals surface area (Å²) in [5.74, 6) is 0.946. The lowest BCUT2D eigenvalue weighted by Gasteiger charge is -2.37. The van der Waals surface area contributed by atoms with Crippen LogP contribution in [0.3, 0.4) is 0 Å². The highest BCUT2D eigenvalue weighted by Gasteiger charge is 2.38. The molecule has 0 radical (unpaired) electrons. The summed E-state index contributed by atoms with van der Waals surface area (Å²) in [5.41, 5.74) is 0.390. The first-order chi connectivity index (χ1) is 7.79. The molecular formula is C13H26N2O. The van der Waals surface area contributed by atoms with Crippen LogP contribution in [-0.2, 0) is 4.74 Å². The van der Waals surface area contributed by atoms with Gasteiger partial charge in [-0.25, -0.2) is 0 Å². The van der Waals surface area contributed by atoms with Crippen LogP contribution < -0.4 is 10.6 Å². The maximum atomic E-state index is 5.42. The SMILES string of the molecule is CCC1CC1NCC1(COC)CCNCC1. The second-order valence-corrected chi connectivity index (χ2v) is 5.57. The molecule has 1 saturated heterocycles. The quantitative estimate of drug-likeness (QED) is 0.718. The smallest absolute Gasteiger partial charge is 0.0531 e. The molecule has 94 valence electrons. The van der Waals surface area contributed by atoms with Crippen LogP contribution in [0, 0.1) is 11.3 Å².